The molecular formula is C8H11N3O. The van der Waals surface area contributed by atoms with Gasteiger partial charge in [-0.2, -0.15) is 10.2 Å². The number of hydrogen-bond acceptors (Lipinski definition) is 4. The topological polar surface area (TPSA) is 61.9 Å². The summed E-state index contributed by atoms with van der Waals surface area (Å²) >= 11 is 0. The highest BCUT2D eigenvalue weighted by Gasteiger charge is 2.06. The van der Waals surface area contributed by atoms with Gasteiger partial charge in [0.05, 0.1) is 5.69 Å². The van der Waals surface area contributed by atoms with Gasteiger partial charge in [-0.1, -0.05) is 13.3 Å². The summed E-state index contributed by atoms with van der Waals surface area (Å²) in [5.74, 6) is 0.787. The molecule has 0 bridgehead atoms. The molecule has 0 aliphatic heterocycles. The monoisotopic (exact) mass is 165 g/mol. The van der Waals surface area contributed by atoms with E-state index in [-0.39, 0.29) is 0 Å². The van der Waals surface area contributed by atoms with Crippen molar-refractivity contribution in [1.29, 1.82) is 5.26 Å². The van der Waals surface area contributed by atoms with Gasteiger partial charge < -0.3 is 4.42 Å². The maximum atomic E-state index is 8.29. The Bertz CT molecular complexity index is 298. The molecule has 4 nitrogen and oxygen atoms in total. The van der Waals surface area contributed by atoms with Crippen molar-refractivity contribution in [2.45, 2.75) is 26.7 Å². The lowest BCUT2D eigenvalue weighted by Gasteiger charge is -1.88. The van der Waals surface area contributed by atoms with E-state index < -0.39 is 0 Å². The van der Waals surface area contributed by atoms with Crippen LogP contribution >= 0.6 is 0 Å². The molecule has 1 N–H and O–H groups in total. The summed E-state index contributed by atoms with van der Waals surface area (Å²) in [5.41, 5.74) is 0.926. The summed E-state index contributed by atoms with van der Waals surface area (Å²) in [6, 6.07) is 0.290. The van der Waals surface area contributed by atoms with Gasteiger partial charge in [0.15, 0.2) is 6.19 Å². The molecule has 12 heavy (non-hydrogen) atoms. The van der Waals surface area contributed by atoms with Crippen LogP contribution < -0.4 is 5.32 Å². The first-order valence-electron chi connectivity index (χ1n) is 3.89. The van der Waals surface area contributed by atoms with Crippen LogP contribution in [-0.2, 0) is 6.42 Å². The summed E-state index contributed by atoms with van der Waals surface area (Å²) in [4.78, 5) is 4.09. The predicted molar refractivity (Wildman–Crippen MR) is 44.5 cm³/mol. The summed E-state index contributed by atoms with van der Waals surface area (Å²) < 4.78 is 5.16. The number of oxazole rings is 1. The van der Waals surface area contributed by atoms with E-state index in [1.165, 1.54) is 0 Å². The van der Waals surface area contributed by atoms with E-state index in [2.05, 4.69) is 17.2 Å². The second-order valence-electron chi connectivity index (χ2n) is 2.51. The van der Waals surface area contributed by atoms with Crippen LogP contribution in [0, 0.1) is 18.4 Å². The standard InChI is InChI=1S/C8H11N3O/c1-3-4-7-6(2)12-8(11-7)10-5-9/h3-4H2,1-2H3,(H,10,11). The van der Waals surface area contributed by atoms with Crippen molar-refractivity contribution in [3.05, 3.63) is 11.5 Å². The van der Waals surface area contributed by atoms with E-state index in [9.17, 15) is 0 Å². The molecule has 0 atom stereocenters. The van der Waals surface area contributed by atoms with E-state index in [0.717, 1.165) is 24.3 Å². The van der Waals surface area contributed by atoms with E-state index in [0.29, 0.717) is 6.01 Å². The zero-order chi connectivity index (χ0) is 8.97. The average Bonchev–Trinajstić information content (AvgIpc) is 2.34. The molecule has 0 aliphatic carbocycles. The van der Waals surface area contributed by atoms with E-state index in [1.807, 2.05) is 6.92 Å². The maximum absolute atomic E-state index is 8.29. The fourth-order valence-corrected chi connectivity index (χ4v) is 0.998. The van der Waals surface area contributed by atoms with Gasteiger partial charge in [0.2, 0.25) is 0 Å². The summed E-state index contributed by atoms with van der Waals surface area (Å²) in [6.45, 7) is 3.92. The summed E-state index contributed by atoms with van der Waals surface area (Å²) in [5, 5.41) is 10.6. The number of nitrogens with one attached hydrogen (secondary N) is 1. The number of aryl methyl sites for hydroxylation is 2. The first-order valence-corrected chi connectivity index (χ1v) is 3.89. The van der Waals surface area contributed by atoms with Crippen molar-refractivity contribution >= 4 is 6.01 Å². The van der Waals surface area contributed by atoms with Crippen LogP contribution in [0.15, 0.2) is 4.42 Å². The zero-order valence-corrected chi connectivity index (χ0v) is 7.22. The molecule has 0 radical (unpaired) electrons. The van der Waals surface area contributed by atoms with Crippen LogP contribution in [0.2, 0.25) is 0 Å². The fraction of sp³-hybridized carbons (Fsp3) is 0.500. The van der Waals surface area contributed by atoms with Crippen LogP contribution in [0.1, 0.15) is 24.8 Å². The molecule has 0 spiro atoms. The summed E-state index contributed by atoms with van der Waals surface area (Å²) in [7, 11) is 0. The maximum Gasteiger partial charge on any atom is 0.308 e. The Balaban J connectivity index is 2.79. The van der Waals surface area contributed by atoms with Crippen LogP contribution in [0.3, 0.4) is 0 Å². The minimum Gasteiger partial charge on any atom is -0.428 e. The molecule has 4 heteroatoms. The first kappa shape index (κ1) is 8.60. The predicted octanol–water partition coefficient (Wildman–Crippen LogP) is 1.83. The molecule has 1 rings (SSSR count). The van der Waals surface area contributed by atoms with Gasteiger partial charge in [-0.25, -0.2) is 5.32 Å². The fourth-order valence-electron chi connectivity index (χ4n) is 0.998. The highest BCUT2D eigenvalue weighted by molar-refractivity contribution is 5.29. The molecule has 0 saturated carbocycles. The van der Waals surface area contributed by atoms with E-state index in [1.54, 1.807) is 6.19 Å². The Morgan fingerprint density at radius 3 is 3.00 bits per heavy atom. The molecular weight excluding hydrogens is 154 g/mol. The summed E-state index contributed by atoms with van der Waals surface area (Å²) in [6.07, 6.45) is 3.68. The van der Waals surface area contributed by atoms with Crippen molar-refractivity contribution in [3.8, 4) is 6.19 Å². The molecule has 0 aliphatic rings. The lowest BCUT2D eigenvalue weighted by molar-refractivity contribution is 0.542. The number of hydrogen-bond donors (Lipinski definition) is 1. The van der Waals surface area contributed by atoms with Gasteiger partial charge >= 0.3 is 6.01 Å². The molecule has 0 saturated heterocycles. The van der Waals surface area contributed by atoms with Gasteiger partial charge in [-0.15, -0.1) is 0 Å². The second kappa shape index (κ2) is 3.77. The minimum absolute atomic E-state index is 0.290. The number of anilines is 1. The van der Waals surface area contributed by atoms with Gasteiger partial charge in [0.25, 0.3) is 0 Å². The lowest BCUT2D eigenvalue weighted by Crippen LogP contribution is -1.88. The number of rotatable bonds is 3. The van der Waals surface area contributed by atoms with Gasteiger partial charge in [-0.05, 0) is 13.3 Å². The third-order valence-electron chi connectivity index (χ3n) is 1.54. The third-order valence-corrected chi connectivity index (χ3v) is 1.54. The SMILES string of the molecule is CCCc1nc(NC#N)oc1C. The molecule has 0 aromatic carbocycles. The van der Waals surface area contributed by atoms with Gasteiger partial charge in [0.1, 0.15) is 5.76 Å². The van der Waals surface area contributed by atoms with Gasteiger partial charge in [-0.3, -0.25) is 0 Å². The molecule has 1 heterocycles. The Morgan fingerprint density at radius 1 is 1.67 bits per heavy atom. The molecule has 64 valence electrons. The quantitative estimate of drug-likeness (QED) is 0.548. The molecule has 1 aromatic heterocycles. The van der Waals surface area contributed by atoms with Crippen LogP contribution in [-0.4, -0.2) is 4.98 Å². The first-order chi connectivity index (χ1) is 5.77. The largest absolute Gasteiger partial charge is 0.428 e. The van der Waals surface area contributed by atoms with Crippen LogP contribution in [0.5, 0.6) is 0 Å². The second-order valence-corrected chi connectivity index (χ2v) is 2.51. The number of nitrogens with zero attached hydrogens (tertiary/aromatic N) is 2. The van der Waals surface area contributed by atoms with Crippen molar-refractivity contribution in [2.24, 2.45) is 0 Å². The molecule has 0 unspecified atom stereocenters. The van der Waals surface area contributed by atoms with E-state index >= 15 is 0 Å². The molecule has 0 fully saturated rings. The zero-order valence-electron chi connectivity index (χ0n) is 7.22. The van der Waals surface area contributed by atoms with E-state index in [4.69, 9.17) is 9.68 Å². The molecule has 0 amide bonds. The van der Waals surface area contributed by atoms with Crippen molar-refractivity contribution in [3.63, 3.8) is 0 Å². The van der Waals surface area contributed by atoms with Gasteiger partial charge in [0, 0.05) is 0 Å². The third kappa shape index (κ3) is 1.76. The Labute approximate surface area is 71.2 Å². The Morgan fingerprint density at radius 2 is 2.42 bits per heavy atom. The van der Waals surface area contributed by atoms with Crippen LogP contribution in [0.4, 0.5) is 6.01 Å². The smallest absolute Gasteiger partial charge is 0.308 e. The minimum atomic E-state index is 0.290. The highest BCUT2D eigenvalue weighted by Crippen LogP contribution is 2.14. The number of nitriles is 1. The van der Waals surface area contributed by atoms with Crippen LogP contribution in [0.25, 0.3) is 0 Å². The van der Waals surface area contributed by atoms with Crippen molar-refractivity contribution in [2.75, 3.05) is 5.32 Å². The van der Waals surface area contributed by atoms with Crippen molar-refractivity contribution < 1.29 is 4.42 Å². The van der Waals surface area contributed by atoms with Crippen molar-refractivity contribution in [1.82, 2.24) is 4.98 Å². The highest BCUT2D eigenvalue weighted by atomic mass is 16.4. The number of aromatic nitrogens is 1. The lowest BCUT2D eigenvalue weighted by atomic mass is 10.2. The average molecular weight is 165 g/mol. The Kier molecular flexibility index (Phi) is 2.70. The molecule has 1 aromatic rings. The normalized spacial score (nSPS) is 9.42. The Hall–Kier alpha value is -1.50.